The van der Waals surface area contributed by atoms with E-state index in [1.54, 1.807) is 15.4 Å². The fourth-order valence-electron chi connectivity index (χ4n) is 2.97. The van der Waals surface area contributed by atoms with Crippen molar-refractivity contribution < 1.29 is 0 Å². The Hall–Kier alpha value is -3.16. The zero-order chi connectivity index (χ0) is 19.0. The van der Waals surface area contributed by atoms with Crippen LogP contribution in [0.4, 0.5) is 0 Å². The molecule has 8 nitrogen and oxygen atoms in total. The number of fused-ring (bicyclic) bond motifs is 1. The van der Waals surface area contributed by atoms with Crippen molar-refractivity contribution >= 4 is 5.78 Å². The maximum absolute atomic E-state index is 4.78. The first-order valence-corrected chi connectivity index (χ1v) is 9.11. The summed E-state index contributed by atoms with van der Waals surface area (Å²) in [6.07, 6.45) is 4.06. The van der Waals surface area contributed by atoms with Gasteiger partial charge >= 0.3 is 0 Å². The molecule has 0 aliphatic carbocycles. The van der Waals surface area contributed by atoms with Gasteiger partial charge in [0.25, 0.3) is 5.78 Å². The molecule has 0 radical (unpaired) electrons. The molecule has 0 saturated carbocycles. The quantitative estimate of drug-likeness (QED) is 0.542. The highest BCUT2D eigenvalue weighted by Crippen LogP contribution is 2.24. The van der Waals surface area contributed by atoms with Gasteiger partial charge < -0.3 is 0 Å². The molecule has 0 unspecified atom stereocenters. The van der Waals surface area contributed by atoms with E-state index in [2.05, 4.69) is 47.7 Å². The molecule has 4 aromatic rings. The first-order chi connectivity index (χ1) is 13.0. The monoisotopic (exact) mass is 362 g/mol. The third-order valence-electron chi connectivity index (χ3n) is 4.21. The van der Waals surface area contributed by atoms with E-state index < -0.39 is 0 Å². The zero-order valence-corrected chi connectivity index (χ0v) is 15.9. The van der Waals surface area contributed by atoms with Crippen LogP contribution in [0.3, 0.4) is 0 Å². The van der Waals surface area contributed by atoms with Crippen LogP contribution in [-0.2, 0) is 6.42 Å². The molecule has 0 aliphatic rings. The number of rotatable bonds is 5. The van der Waals surface area contributed by atoms with Crippen molar-refractivity contribution in [1.29, 1.82) is 0 Å². The van der Waals surface area contributed by atoms with Gasteiger partial charge in [-0.15, -0.1) is 5.10 Å². The molecule has 0 N–H and O–H groups in total. The van der Waals surface area contributed by atoms with E-state index in [0.717, 1.165) is 17.9 Å². The molecule has 4 heterocycles. The van der Waals surface area contributed by atoms with E-state index >= 15 is 0 Å². The van der Waals surface area contributed by atoms with Crippen LogP contribution in [-0.4, -0.2) is 39.3 Å². The van der Waals surface area contributed by atoms with Gasteiger partial charge in [-0.25, -0.2) is 19.5 Å². The van der Waals surface area contributed by atoms with Crippen molar-refractivity contribution in [1.82, 2.24) is 39.3 Å². The van der Waals surface area contributed by atoms with E-state index in [9.17, 15) is 0 Å². The summed E-state index contributed by atoms with van der Waals surface area (Å²) in [7, 11) is 0. The van der Waals surface area contributed by atoms with Crippen molar-refractivity contribution in [3.8, 4) is 17.3 Å². The summed E-state index contributed by atoms with van der Waals surface area (Å²) in [5, 5.41) is 8.99. The Morgan fingerprint density at radius 2 is 1.89 bits per heavy atom. The fraction of sp³-hybridized carbons (Fsp3) is 0.368. The van der Waals surface area contributed by atoms with Gasteiger partial charge in [0.2, 0.25) is 0 Å². The molecule has 0 fully saturated rings. The minimum atomic E-state index is 0.261. The lowest BCUT2D eigenvalue weighted by molar-refractivity contribution is 0.618. The van der Waals surface area contributed by atoms with Crippen molar-refractivity contribution in [2.45, 2.75) is 40.0 Å². The van der Waals surface area contributed by atoms with Crippen molar-refractivity contribution in [2.24, 2.45) is 5.92 Å². The Morgan fingerprint density at radius 3 is 2.59 bits per heavy atom. The number of hydrogen-bond donors (Lipinski definition) is 0. The van der Waals surface area contributed by atoms with Crippen LogP contribution in [0.15, 0.2) is 36.8 Å². The predicted molar refractivity (Wildman–Crippen MR) is 102 cm³/mol. The third-order valence-corrected chi connectivity index (χ3v) is 4.21. The normalized spacial score (nSPS) is 11.8. The molecule has 0 saturated heterocycles. The molecule has 0 amide bonds. The number of nitrogens with zero attached hydrogens (tertiary/aromatic N) is 8. The van der Waals surface area contributed by atoms with Crippen LogP contribution in [0.5, 0.6) is 0 Å². The average molecular weight is 362 g/mol. The van der Waals surface area contributed by atoms with Crippen LogP contribution in [0.1, 0.15) is 45.1 Å². The number of hydrogen-bond acceptors (Lipinski definition) is 6. The molecular weight excluding hydrogens is 340 g/mol. The second-order valence-electron chi connectivity index (χ2n) is 7.24. The zero-order valence-electron chi connectivity index (χ0n) is 15.9. The molecule has 0 bridgehead atoms. The van der Waals surface area contributed by atoms with Crippen molar-refractivity contribution in [3.05, 3.63) is 48.3 Å². The van der Waals surface area contributed by atoms with E-state index in [-0.39, 0.29) is 5.92 Å². The minimum absolute atomic E-state index is 0.261. The van der Waals surface area contributed by atoms with Gasteiger partial charge in [-0.05, 0) is 30.0 Å². The summed E-state index contributed by atoms with van der Waals surface area (Å²) >= 11 is 0. The smallest absolute Gasteiger partial charge is 0.237 e. The highest BCUT2D eigenvalue weighted by atomic mass is 15.4. The molecule has 0 aromatic carbocycles. The predicted octanol–water partition coefficient (Wildman–Crippen LogP) is 3.09. The Balaban J connectivity index is 1.92. The molecule has 4 aromatic heterocycles. The standard InChI is InChI=1S/C19H22N8/c1-12(2)9-16-24-18(27(25-16)17-7-5-6-8-20-17)14-10-15(13(3)4)26-19(23-14)21-11-22-26/h5-8,10-13H,9H2,1-4H3. The van der Waals surface area contributed by atoms with Crippen LogP contribution in [0.25, 0.3) is 23.1 Å². The number of aromatic nitrogens is 8. The third kappa shape index (κ3) is 3.30. The molecule has 138 valence electrons. The van der Waals surface area contributed by atoms with Crippen molar-refractivity contribution in [3.63, 3.8) is 0 Å². The summed E-state index contributed by atoms with van der Waals surface area (Å²) < 4.78 is 3.53. The van der Waals surface area contributed by atoms with E-state index in [0.29, 0.717) is 29.0 Å². The Morgan fingerprint density at radius 1 is 1.04 bits per heavy atom. The second-order valence-corrected chi connectivity index (χ2v) is 7.24. The fourth-order valence-corrected chi connectivity index (χ4v) is 2.97. The van der Waals surface area contributed by atoms with Crippen LogP contribution in [0, 0.1) is 5.92 Å². The van der Waals surface area contributed by atoms with Crippen molar-refractivity contribution in [2.75, 3.05) is 0 Å². The molecule has 8 heteroatoms. The molecule has 27 heavy (non-hydrogen) atoms. The second kappa shape index (κ2) is 6.86. The van der Waals surface area contributed by atoms with Crippen LogP contribution in [0.2, 0.25) is 0 Å². The van der Waals surface area contributed by atoms with E-state index in [1.165, 1.54) is 6.33 Å². The SMILES string of the molecule is CC(C)Cc1nc(-c2cc(C(C)C)n3ncnc3n2)n(-c2ccccn2)n1. The largest absolute Gasteiger partial charge is 0.253 e. The van der Waals surface area contributed by atoms with Gasteiger partial charge in [-0.3, -0.25) is 0 Å². The molecule has 4 rings (SSSR count). The maximum atomic E-state index is 4.78. The molecular formula is C19H22N8. The van der Waals surface area contributed by atoms with Crippen LogP contribution >= 0.6 is 0 Å². The Bertz CT molecular complexity index is 1060. The highest BCUT2D eigenvalue weighted by Gasteiger charge is 2.19. The first-order valence-electron chi connectivity index (χ1n) is 9.11. The van der Waals surface area contributed by atoms with Gasteiger partial charge in [0, 0.05) is 12.6 Å². The average Bonchev–Trinajstić information content (AvgIpc) is 3.27. The molecule has 0 atom stereocenters. The van der Waals surface area contributed by atoms with Gasteiger partial charge in [0.05, 0.1) is 5.69 Å². The first kappa shape index (κ1) is 17.3. The summed E-state index contributed by atoms with van der Waals surface area (Å²) in [4.78, 5) is 18.2. The lowest BCUT2D eigenvalue weighted by Crippen LogP contribution is -2.07. The summed E-state index contributed by atoms with van der Waals surface area (Å²) in [6.45, 7) is 8.54. The van der Waals surface area contributed by atoms with Gasteiger partial charge in [-0.1, -0.05) is 33.8 Å². The Labute approximate surface area is 157 Å². The van der Waals surface area contributed by atoms with E-state index in [1.807, 2.05) is 24.3 Å². The summed E-state index contributed by atoms with van der Waals surface area (Å²) in [5.41, 5.74) is 1.74. The van der Waals surface area contributed by atoms with E-state index in [4.69, 9.17) is 10.1 Å². The van der Waals surface area contributed by atoms with Gasteiger partial charge in [0.15, 0.2) is 17.5 Å². The Kier molecular flexibility index (Phi) is 4.39. The maximum Gasteiger partial charge on any atom is 0.253 e. The van der Waals surface area contributed by atoms with Crippen LogP contribution < -0.4 is 0 Å². The number of pyridine rings is 1. The highest BCUT2D eigenvalue weighted by molar-refractivity contribution is 5.56. The van der Waals surface area contributed by atoms with Gasteiger partial charge in [-0.2, -0.15) is 14.8 Å². The summed E-state index contributed by atoms with van der Waals surface area (Å²) in [6, 6.07) is 7.74. The molecule has 0 aliphatic heterocycles. The summed E-state index contributed by atoms with van der Waals surface area (Å²) in [5.74, 6) is 3.42. The minimum Gasteiger partial charge on any atom is -0.237 e. The van der Waals surface area contributed by atoms with Gasteiger partial charge in [0.1, 0.15) is 12.0 Å². The lowest BCUT2D eigenvalue weighted by atomic mass is 10.1. The molecule has 0 spiro atoms. The topological polar surface area (TPSA) is 86.7 Å². The lowest BCUT2D eigenvalue weighted by Gasteiger charge is -2.10.